The Balaban J connectivity index is 2.64. The topological polar surface area (TPSA) is 45.6 Å². The molecule has 0 saturated heterocycles. The van der Waals surface area contributed by atoms with E-state index in [1.807, 2.05) is 20.0 Å². The molecule has 0 amide bonds. The van der Waals surface area contributed by atoms with Crippen LogP contribution >= 0.6 is 0 Å². The van der Waals surface area contributed by atoms with Crippen LogP contribution in [0.2, 0.25) is 0 Å². The van der Waals surface area contributed by atoms with Gasteiger partial charge in [-0.15, -0.1) is 0 Å². The molecule has 0 spiro atoms. The fourth-order valence-electron chi connectivity index (χ4n) is 1.60. The van der Waals surface area contributed by atoms with Crippen molar-refractivity contribution < 1.29 is 4.74 Å². The van der Waals surface area contributed by atoms with Crippen LogP contribution in [0.25, 0.3) is 0 Å². The molecule has 17 heavy (non-hydrogen) atoms. The van der Waals surface area contributed by atoms with E-state index in [1.165, 1.54) is 5.56 Å². The summed E-state index contributed by atoms with van der Waals surface area (Å²) in [6, 6.07) is 6.20. The Morgan fingerprint density at radius 3 is 2.71 bits per heavy atom. The molecule has 4 heteroatoms. The Kier molecular flexibility index (Phi) is 5.33. The zero-order valence-electron chi connectivity index (χ0n) is 11.0. The van der Waals surface area contributed by atoms with Crippen molar-refractivity contribution in [2.45, 2.75) is 20.4 Å². The van der Waals surface area contributed by atoms with Gasteiger partial charge in [-0.25, -0.2) is 0 Å². The number of ether oxygens (including phenoxy) is 1. The van der Waals surface area contributed by atoms with Gasteiger partial charge < -0.3 is 15.4 Å². The smallest absolute Gasteiger partial charge is 0.190 e. The number of guanidine groups is 1. The molecule has 0 atom stereocenters. The fourth-order valence-corrected chi connectivity index (χ4v) is 1.60. The highest BCUT2D eigenvalue weighted by Gasteiger charge is 2.01. The number of nitrogens with zero attached hydrogens (tertiary/aromatic N) is 1. The lowest BCUT2D eigenvalue weighted by Gasteiger charge is -2.11. The molecular formula is C13H21N3O. The highest BCUT2D eigenvalue weighted by molar-refractivity contribution is 5.79. The lowest BCUT2D eigenvalue weighted by atomic mass is 10.1. The van der Waals surface area contributed by atoms with Crippen LogP contribution in [0.15, 0.2) is 23.2 Å². The van der Waals surface area contributed by atoms with Gasteiger partial charge in [0.05, 0.1) is 6.61 Å². The van der Waals surface area contributed by atoms with Crippen molar-refractivity contribution in [2.75, 3.05) is 20.7 Å². The summed E-state index contributed by atoms with van der Waals surface area (Å²) in [5.41, 5.74) is 2.37. The average Bonchev–Trinajstić information content (AvgIpc) is 2.34. The van der Waals surface area contributed by atoms with Crippen LogP contribution in [0.5, 0.6) is 5.75 Å². The average molecular weight is 235 g/mol. The number of nitrogens with one attached hydrogen (secondary N) is 2. The molecule has 0 bridgehead atoms. The van der Waals surface area contributed by atoms with E-state index in [0.29, 0.717) is 6.61 Å². The van der Waals surface area contributed by atoms with Crippen molar-refractivity contribution in [3.8, 4) is 5.75 Å². The van der Waals surface area contributed by atoms with Crippen LogP contribution in [-0.4, -0.2) is 26.7 Å². The minimum absolute atomic E-state index is 0.699. The molecule has 0 aliphatic rings. The molecular weight excluding hydrogens is 214 g/mol. The van der Waals surface area contributed by atoms with E-state index in [1.54, 1.807) is 7.05 Å². The second-order valence-electron chi connectivity index (χ2n) is 3.71. The third kappa shape index (κ3) is 3.98. The van der Waals surface area contributed by atoms with Gasteiger partial charge in [0, 0.05) is 20.6 Å². The number of benzene rings is 1. The van der Waals surface area contributed by atoms with Crippen molar-refractivity contribution >= 4 is 5.96 Å². The maximum absolute atomic E-state index is 5.50. The van der Waals surface area contributed by atoms with Gasteiger partial charge in [-0.1, -0.05) is 12.1 Å². The molecule has 1 rings (SSSR count). The lowest BCUT2D eigenvalue weighted by Crippen LogP contribution is -2.34. The molecule has 0 radical (unpaired) electrons. The first-order valence-corrected chi connectivity index (χ1v) is 5.82. The van der Waals surface area contributed by atoms with E-state index in [9.17, 15) is 0 Å². The molecule has 0 aliphatic heterocycles. The molecule has 0 unspecified atom stereocenters. The normalized spacial score (nSPS) is 11.2. The molecule has 0 fully saturated rings. The summed E-state index contributed by atoms with van der Waals surface area (Å²) in [7, 11) is 3.60. The molecule has 94 valence electrons. The van der Waals surface area contributed by atoms with Crippen LogP contribution in [-0.2, 0) is 6.54 Å². The number of rotatable bonds is 4. The lowest BCUT2D eigenvalue weighted by molar-refractivity contribution is 0.338. The summed E-state index contributed by atoms with van der Waals surface area (Å²) < 4.78 is 5.50. The number of hydrogen-bond donors (Lipinski definition) is 2. The van der Waals surface area contributed by atoms with Gasteiger partial charge in [-0.2, -0.15) is 0 Å². The minimum atomic E-state index is 0.699. The Morgan fingerprint density at radius 2 is 2.18 bits per heavy atom. The van der Waals surface area contributed by atoms with Crippen LogP contribution in [0, 0.1) is 6.92 Å². The van der Waals surface area contributed by atoms with Gasteiger partial charge in [0.15, 0.2) is 5.96 Å². The Labute approximate surface area is 103 Å². The van der Waals surface area contributed by atoms with Gasteiger partial charge in [0.2, 0.25) is 0 Å². The third-order valence-corrected chi connectivity index (χ3v) is 2.46. The van der Waals surface area contributed by atoms with E-state index in [4.69, 9.17) is 4.74 Å². The van der Waals surface area contributed by atoms with E-state index in [-0.39, 0.29) is 0 Å². The van der Waals surface area contributed by atoms with E-state index < -0.39 is 0 Å². The fraction of sp³-hybridized carbons (Fsp3) is 0.462. The summed E-state index contributed by atoms with van der Waals surface area (Å²) in [6.45, 7) is 5.50. The Bertz CT molecular complexity index is 388. The Morgan fingerprint density at radius 1 is 1.41 bits per heavy atom. The quantitative estimate of drug-likeness (QED) is 0.616. The standard InChI is InChI=1S/C13H21N3O/c1-5-17-12-7-6-11(8-10(12)2)9-16-13(14-3)15-4/h6-8H,5,9H2,1-4H3,(H2,14,15,16). The maximum Gasteiger partial charge on any atom is 0.190 e. The molecule has 2 N–H and O–H groups in total. The van der Waals surface area contributed by atoms with Crippen LogP contribution in [0.4, 0.5) is 0 Å². The second-order valence-corrected chi connectivity index (χ2v) is 3.71. The summed E-state index contributed by atoms with van der Waals surface area (Å²) in [6.07, 6.45) is 0. The van der Waals surface area contributed by atoms with Crippen molar-refractivity contribution in [3.05, 3.63) is 29.3 Å². The second kappa shape index (κ2) is 6.78. The third-order valence-electron chi connectivity index (χ3n) is 2.46. The SMILES string of the molecule is CCOc1ccc(CNC(=NC)NC)cc1C. The molecule has 1 aromatic carbocycles. The van der Waals surface area contributed by atoms with Gasteiger partial charge >= 0.3 is 0 Å². The van der Waals surface area contributed by atoms with E-state index in [0.717, 1.165) is 23.8 Å². The molecule has 0 aromatic heterocycles. The number of aryl methyl sites for hydroxylation is 1. The predicted octanol–water partition coefficient (Wildman–Crippen LogP) is 1.69. The van der Waals surface area contributed by atoms with Crippen LogP contribution in [0.3, 0.4) is 0 Å². The van der Waals surface area contributed by atoms with E-state index >= 15 is 0 Å². The minimum Gasteiger partial charge on any atom is -0.494 e. The summed E-state index contributed by atoms with van der Waals surface area (Å²) in [5, 5.41) is 6.19. The van der Waals surface area contributed by atoms with Gasteiger partial charge in [-0.05, 0) is 31.0 Å². The van der Waals surface area contributed by atoms with Crippen LogP contribution in [0.1, 0.15) is 18.1 Å². The van der Waals surface area contributed by atoms with Gasteiger partial charge in [0.1, 0.15) is 5.75 Å². The molecule has 0 heterocycles. The zero-order chi connectivity index (χ0) is 12.7. The zero-order valence-corrected chi connectivity index (χ0v) is 11.0. The molecule has 1 aromatic rings. The first-order valence-electron chi connectivity index (χ1n) is 5.82. The maximum atomic E-state index is 5.50. The number of hydrogen-bond acceptors (Lipinski definition) is 2. The molecule has 0 saturated carbocycles. The largest absolute Gasteiger partial charge is 0.494 e. The van der Waals surface area contributed by atoms with Crippen molar-refractivity contribution in [3.63, 3.8) is 0 Å². The van der Waals surface area contributed by atoms with Crippen molar-refractivity contribution in [2.24, 2.45) is 4.99 Å². The highest BCUT2D eigenvalue weighted by atomic mass is 16.5. The van der Waals surface area contributed by atoms with Crippen LogP contribution < -0.4 is 15.4 Å². The van der Waals surface area contributed by atoms with E-state index in [2.05, 4.69) is 34.7 Å². The molecule has 4 nitrogen and oxygen atoms in total. The first-order chi connectivity index (χ1) is 8.21. The monoisotopic (exact) mass is 235 g/mol. The molecule has 0 aliphatic carbocycles. The summed E-state index contributed by atoms with van der Waals surface area (Å²) >= 11 is 0. The highest BCUT2D eigenvalue weighted by Crippen LogP contribution is 2.18. The predicted molar refractivity (Wildman–Crippen MR) is 71.6 cm³/mol. The van der Waals surface area contributed by atoms with Gasteiger partial charge in [0.25, 0.3) is 0 Å². The van der Waals surface area contributed by atoms with Crippen molar-refractivity contribution in [1.82, 2.24) is 10.6 Å². The summed E-state index contributed by atoms with van der Waals surface area (Å²) in [5.74, 6) is 1.74. The van der Waals surface area contributed by atoms with Crippen molar-refractivity contribution in [1.29, 1.82) is 0 Å². The summed E-state index contributed by atoms with van der Waals surface area (Å²) in [4.78, 5) is 4.06. The van der Waals surface area contributed by atoms with Gasteiger partial charge in [-0.3, -0.25) is 4.99 Å². The number of aliphatic imine (C=N–C) groups is 1. The Hall–Kier alpha value is -1.71. The first kappa shape index (κ1) is 13.4.